The predicted octanol–water partition coefficient (Wildman–Crippen LogP) is 3.68. The molecular formula is C13H18ClF3N4. The van der Waals surface area contributed by atoms with E-state index in [9.17, 15) is 13.2 Å². The lowest BCUT2D eigenvalue weighted by atomic mass is 10.3. The summed E-state index contributed by atoms with van der Waals surface area (Å²) >= 11 is 5.77. The van der Waals surface area contributed by atoms with E-state index in [2.05, 4.69) is 10.1 Å². The van der Waals surface area contributed by atoms with Crippen molar-refractivity contribution in [3.05, 3.63) is 11.5 Å². The fraction of sp³-hybridized carbons (Fsp3) is 0.692. The first-order chi connectivity index (χ1) is 9.87. The van der Waals surface area contributed by atoms with E-state index in [0.717, 1.165) is 22.7 Å². The van der Waals surface area contributed by atoms with Gasteiger partial charge < -0.3 is 4.57 Å². The van der Waals surface area contributed by atoms with Crippen molar-refractivity contribution in [1.29, 1.82) is 0 Å². The highest BCUT2D eigenvalue weighted by Gasteiger charge is 2.27. The van der Waals surface area contributed by atoms with Crippen LogP contribution < -0.4 is 0 Å². The zero-order valence-electron chi connectivity index (χ0n) is 12.0. The summed E-state index contributed by atoms with van der Waals surface area (Å²) in [5.41, 5.74) is 2.33. The normalized spacial score (nSPS) is 12.5. The topological polar surface area (TPSA) is 35.6 Å². The lowest BCUT2D eigenvalue weighted by Gasteiger charge is -2.11. The van der Waals surface area contributed by atoms with E-state index in [-0.39, 0.29) is 13.0 Å². The molecule has 0 atom stereocenters. The van der Waals surface area contributed by atoms with E-state index in [0.29, 0.717) is 18.8 Å². The SMILES string of the molecule is CCn1nc(C)c2nc(CCCl)n(CCCC(F)(F)F)c21. The molecule has 0 aliphatic carbocycles. The lowest BCUT2D eigenvalue weighted by molar-refractivity contribution is -0.135. The molecule has 0 N–H and O–H groups in total. The Labute approximate surface area is 125 Å². The zero-order chi connectivity index (χ0) is 15.6. The quantitative estimate of drug-likeness (QED) is 0.760. The van der Waals surface area contributed by atoms with Crippen LogP contribution in [0.15, 0.2) is 0 Å². The minimum Gasteiger partial charge on any atom is -0.313 e. The van der Waals surface area contributed by atoms with E-state index < -0.39 is 12.6 Å². The fourth-order valence-corrected chi connectivity index (χ4v) is 2.61. The molecule has 2 aromatic heterocycles. The monoisotopic (exact) mass is 322 g/mol. The number of rotatable bonds is 6. The van der Waals surface area contributed by atoms with Gasteiger partial charge in [-0.3, -0.25) is 0 Å². The Morgan fingerprint density at radius 2 is 2.00 bits per heavy atom. The Morgan fingerprint density at radius 1 is 1.29 bits per heavy atom. The number of aromatic nitrogens is 4. The number of nitrogens with zero attached hydrogens (tertiary/aromatic N) is 4. The molecule has 0 bridgehead atoms. The maximum atomic E-state index is 12.3. The summed E-state index contributed by atoms with van der Waals surface area (Å²) in [5, 5.41) is 4.37. The zero-order valence-corrected chi connectivity index (χ0v) is 12.8. The Morgan fingerprint density at radius 3 is 2.57 bits per heavy atom. The summed E-state index contributed by atoms with van der Waals surface area (Å²) in [6.07, 6.45) is -4.37. The molecule has 118 valence electrons. The molecule has 4 nitrogen and oxygen atoms in total. The third-order valence-electron chi connectivity index (χ3n) is 3.34. The summed E-state index contributed by atoms with van der Waals surface area (Å²) in [6.45, 7) is 4.72. The first-order valence-corrected chi connectivity index (χ1v) is 7.46. The van der Waals surface area contributed by atoms with Gasteiger partial charge in [-0.05, 0) is 20.3 Å². The number of alkyl halides is 4. The minimum absolute atomic E-state index is 0.0260. The second-order valence-corrected chi connectivity index (χ2v) is 5.29. The van der Waals surface area contributed by atoms with Gasteiger partial charge in [0.05, 0.1) is 5.69 Å². The van der Waals surface area contributed by atoms with Crippen LogP contribution in [0.2, 0.25) is 0 Å². The van der Waals surface area contributed by atoms with E-state index in [1.807, 2.05) is 18.4 Å². The first kappa shape index (κ1) is 16.1. The molecule has 0 radical (unpaired) electrons. The molecule has 0 saturated carbocycles. The van der Waals surface area contributed by atoms with Crippen molar-refractivity contribution >= 4 is 22.8 Å². The number of hydrogen-bond donors (Lipinski definition) is 0. The smallest absolute Gasteiger partial charge is 0.313 e. The molecule has 0 aliphatic rings. The lowest BCUT2D eigenvalue weighted by Crippen LogP contribution is -2.13. The van der Waals surface area contributed by atoms with Crippen LogP contribution in [0.25, 0.3) is 11.2 Å². The van der Waals surface area contributed by atoms with Crippen molar-refractivity contribution in [1.82, 2.24) is 19.3 Å². The van der Waals surface area contributed by atoms with Crippen LogP contribution >= 0.6 is 11.6 Å². The van der Waals surface area contributed by atoms with E-state index in [1.54, 1.807) is 4.68 Å². The fourth-order valence-electron chi connectivity index (χ4n) is 2.44. The number of fused-ring (bicyclic) bond motifs is 1. The second-order valence-electron chi connectivity index (χ2n) is 4.91. The highest BCUT2D eigenvalue weighted by atomic mass is 35.5. The van der Waals surface area contributed by atoms with Crippen LogP contribution in [0, 0.1) is 6.92 Å². The molecule has 0 saturated heterocycles. The summed E-state index contributed by atoms with van der Waals surface area (Å²) in [5.74, 6) is 1.11. The summed E-state index contributed by atoms with van der Waals surface area (Å²) < 4.78 is 40.6. The van der Waals surface area contributed by atoms with Gasteiger partial charge in [-0.15, -0.1) is 11.6 Å². The molecule has 0 amide bonds. The van der Waals surface area contributed by atoms with Crippen LogP contribution in [-0.2, 0) is 19.5 Å². The first-order valence-electron chi connectivity index (χ1n) is 6.92. The van der Waals surface area contributed by atoms with Gasteiger partial charge in [0.25, 0.3) is 0 Å². The Hall–Kier alpha value is -1.24. The van der Waals surface area contributed by atoms with Gasteiger partial charge in [-0.2, -0.15) is 18.3 Å². The van der Waals surface area contributed by atoms with Crippen LogP contribution in [0.1, 0.15) is 31.3 Å². The Balaban J connectivity index is 2.35. The van der Waals surface area contributed by atoms with Gasteiger partial charge in [0.1, 0.15) is 11.3 Å². The van der Waals surface area contributed by atoms with Gasteiger partial charge in [0, 0.05) is 31.8 Å². The highest BCUT2D eigenvalue weighted by Crippen LogP contribution is 2.25. The Bertz CT molecular complexity index is 615. The summed E-state index contributed by atoms with van der Waals surface area (Å²) in [4.78, 5) is 4.50. The van der Waals surface area contributed by atoms with E-state index >= 15 is 0 Å². The molecule has 21 heavy (non-hydrogen) atoms. The number of aryl methyl sites for hydroxylation is 4. The third-order valence-corrected chi connectivity index (χ3v) is 3.53. The number of halogens is 4. The van der Waals surface area contributed by atoms with Crippen molar-refractivity contribution in [3.63, 3.8) is 0 Å². The average Bonchev–Trinajstić information content (AvgIpc) is 2.88. The van der Waals surface area contributed by atoms with Crippen LogP contribution in [0.4, 0.5) is 13.2 Å². The van der Waals surface area contributed by atoms with Crippen molar-refractivity contribution in [2.45, 2.75) is 52.4 Å². The van der Waals surface area contributed by atoms with Crippen LogP contribution in [0.5, 0.6) is 0 Å². The van der Waals surface area contributed by atoms with Gasteiger partial charge >= 0.3 is 6.18 Å². The largest absolute Gasteiger partial charge is 0.389 e. The summed E-state index contributed by atoms with van der Waals surface area (Å²) in [7, 11) is 0. The van der Waals surface area contributed by atoms with Crippen molar-refractivity contribution < 1.29 is 13.2 Å². The third kappa shape index (κ3) is 3.51. The molecule has 0 aliphatic heterocycles. The molecule has 2 rings (SSSR count). The molecule has 0 spiro atoms. The minimum atomic E-state index is -4.13. The predicted molar refractivity (Wildman–Crippen MR) is 75.6 cm³/mol. The second kappa shape index (κ2) is 6.25. The maximum absolute atomic E-state index is 12.3. The molecule has 2 aromatic rings. The average molecular weight is 323 g/mol. The van der Waals surface area contributed by atoms with Crippen molar-refractivity contribution in [2.75, 3.05) is 5.88 Å². The van der Waals surface area contributed by atoms with Gasteiger partial charge in [0.15, 0.2) is 5.65 Å². The van der Waals surface area contributed by atoms with E-state index in [4.69, 9.17) is 11.6 Å². The van der Waals surface area contributed by atoms with Gasteiger partial charge in [0.2, 0.25) is 0 Å². The number of imidazole rings is 1. The molecule has 0 aromatic carbocycles. The van der Waals surface area contributed by atoms with E-state index in [1.165, 1.54) is 0 Å². The highest BCUT2D eigenvalue weighted by molar-refractivity contribution is 6.17. The molecule has 0 fully saturated rings. The van der Waals surface area contributed by atoms with Crippen LogP contribution in [0.3, 0.4) is 0 Å². The maximum Gasteiger partial charge on any atom is 0.389 e. The number of hydrogen-bond acceptors (Lipinski definition) is 2. The standard InChI is InChI=1S/C13H18ClF3N4/c1-3-21-12-11(9(2)19-21)18-10(5-7-14)20(12)8-4-6-13(15,16)17/h3-8H2,1-2H3. The van der Waals surface area contributed by atoms with Gasteiger partial charge in [-0.1, -0.05) is 0 Å². The molecule has 0 unspecified atom stereocenters. The van der Waals surface area contributed by atoms with Crippen LogP contribution in [-0.4, -0.2) is 31.4 Å². The molecule has 2 heterocycles. The van der Waals surface area contributed by atoms with Gasteiger partial charge in [-0.25, -0.2) is 9.67 Å². The Kier molecular flexibility index (Phi) is 4.81. The summed E-state index contributed by atoms with van der Waals surface area (Å²) in [6, 6.07) is 0. The van der Waals surface area contributed by atoms with Crippen molar-refractivity contribution in [3.8, 4) is 0 Å². The molecule has 8 heteroatoms. The molecular weight excluding hydrogens is 305 g/mol. The van der Waals surface area contributed by atoms with Crippen molar-refractivity contribution in [2.24, 2.45) is 0 Å².